The fourth-order valence-corrected chi connectivity index (χ4v) is 3.10. The number of hydrogen-bond donors (Lipinski definition) is 1. The van der Waals surface area contributed by atoms with E-state index in [1.165, 1.54) is 0 Å². The molecule has 3 aromatic rings. The highest BCUT2D eigenvalue weighted by Gasteiger charge is 2.17. The zero-order chi connectivity index (χ0) is 19.9. The fraction of sp³-hybridized carbons (Fsp3) is 0.182. The highest BCUT2D eigenvalue weighted by atomic mass is 79.9. The third kappa shape index (κ3) is 5.33. The first-order valence-corrected chi connectivity index (χ1v) is 9.70. The largest absolute Gasteiger partial charge is 0.467 e. The number of furan rings is 1. The van der Waals surface area contributed by atoms with Crippen LogP contribution in [-0.2, 0) is 24.3 Å². The Balaban J connectivity index is 1.75. The van der Waals surface area contributed by atoms with Crippen molar-refractivity contribution in [3.63, 3.8) is 0 Å². The van der Waals surface area contributed by atoms with Gasteiger partial charge in [0.1, 0.15) is 5.76 Å². The van der Waals surface area contributed by atoms with E-state index in [0.717, 1.165) is 21.4 Å². The molecule has 28 heavy (non-hydrogen) atoms. The molecule has 0 radical (unpaired) electrons. The van der Waals surface area contributed by atoms with E-state index in [-0.39, 0.29) is 11.8 Å². The number of rotatable bonds is 7. The van der Waals surface area contributed by atoms with Crippen molar-refractivity contribution in [2.24, 2.45) is 0 Å². The predicted molar refractivity (Wildman–Crippen MR) is 111 cm³/mol. The lowest BCUT2D eigenvalue weighted by Crippen LogP contribution is -2.31. The van der Waals surface area contributed by atoms with Crippen LogP contribution in [0.2, 0.25) is 0 Å². The molecule has 1 heterocycles. The van der Waals surface area contributed by atoms with Gasteiger partial charge in [0.2, 0.25) is 5.91 Å². The standard InChI is InChI=1S/C22H21BrN2O3/c1-24-22(27)18-8-4-17(5-9-18)14-25(15-20-3-2-12-28-20)21(26)13-16-6-10-19(23)11-7-16/h2-12H,13-15H2,1H3,(H,24,27). The van der Waals surface area contributed by atoms with Gasteiger partial charge in [-0.05, 0) is 47.5 Å². The molecule has 0 unspecified atom stereocenters. The summed E-state index contributed by atoms with van der Waals surface area (Å²) in [5.41, 5.74) is 2.49. The second-order valence-electron chi connectivity index (χ2n) is 6.41. The van der Waals surface area contributed by atoms with Crippen molar-refractivity contribution in [2.75, 3.05) is 7.05 Å². The summed E-state index contributed by atoms with van der Waals surface area (Å²) in [5, 5.41) is 2.60. The van der Waals surface area contributed by atoms with Crippen molar-refractivity contribution in [2.45, 2.75) is 19.5 Å². The smallest absolute Gasteiger partial charge is 0.251 e. The highest BCUT2D eigenvalue weighted by Crippen LogP contribution is 2.16. The first-order chi connectivity index (χ1) is 13.5. The number of hydrogen-bond acceptors (Lipinski definition) is 3. The number of nitrogens with zero attached hydrogens (tertiary/aromatic N) is 1. The average Bonchev–Trinajstić information content (AvgIpc) is 3.22. The Bertz CT molecular complexity index is 919. The van der Waals surface area contributed by atoms with Crippen molar-refractivity contribution >= 4 is 27.7 Å². The minimum Gasteiger partial charge on any atom is -0.467 e. The van der Waals surface area contributed by atoms with Crippen LogP contribution in [0, 0.1) is 0 Å². The van der Waals surface area contributed by atoms with Crippen LogP contribution >= 0.6 is 15.9 Å². The lowest BCUT2D eigenvalue weighted by atomic mass is 10.1. The maximum absolute atomic E-state index is 13.0. The molecule has 0 aliphatic heterocycles. The van der Waals surface area contributed by atoms with E-state index < -0.39 is 0 Å². The first-order valence-electron chi connectivity index (χ1n) is 8.91. The molecular formula is C22H21BrN2O3. The maximum atomic E-state index is 13.0. The van der Waals surface area contributed by atoms with Crippen molar-refractivity contribution in [3.8, 4) is 0 Å². The summed E-state index contributed by atoms with van der Waals surface area (Å²) in [6.45, 7) is 0.823. The van der Waals surface area contributed by atoms with Crippen LogP contribution in [0.4, 0.5) is 0 Å². The van der Waals surface area contributed by atoms with Crippen molar-refractivity contribution in [3.05, 3.63) is 93.9 Å². The van der Waals surface area contributed by atoms with Crippen molar-refractivity contribution in [1.82, 2.24) is 10.2 Å². The molecule has 2 amide bonds. The maximum Gasteiger partial charge on any atom is 0.251 e. The van der Waals surface area contributed by atoms with E-state index in [1.54, 1.807) is 30.3 Å². The van der Waals surface area contributed by atoms with Crippen LogP contribution in [0.15, 0.2) is 75.8 Å². The van der Waals surface area contributed by atoms with E-state index in [4.69, 9.17) is 4.42 Å². The molecule has 0 spiro atoms. The predicted octanol–water partition coefficient (Wildman–Crippen LogP) is 4.17. The van der Waals surface area contributed by atoms with Gasteiger partial charge in [0.05, 0.1) is 19.2 Å². The topological polar surface area (TPSA) is 62.6 Å². The van der Waals surface area contributed by atoms with Gasteiger partial charge >= 0.3 is 0 Å². The van der Waals surface area contributed by atoms with E-state index in [1.807, 2.05) is 48.5 Å². The van der Waals surface area contributed by atoms with Gasteiger partial charge in [-0.15, -0.1) is 0 Å². The Morgan fingerprint density at radius 3 is 2.25 bits per heavy atom. The van der Waals surface area contributed by atoms with Gasteiger partial charge in [0.15, 0.2) is 0 Å². The molecule has 0 atom stereocenters. The number of amides is 2. The molecule has 1 N–H and O–H groups in total. The Kier molecular flexibility index (Phi) is 6.66. The number of halogens is 1. The van der Waals surface area contributed by atoms with Gasteiger partial charge in [0, 0.05) is 23.6 Å². The van der Waals surface area contributed by atoms with Gasteiger partial charge in [-0.25, -0.2) is 0 Å². The zero-order valence-corrected chi connectivity index (χ0v) is 17.1. The molecule has 0 aliphatic carbocycles. The molecule has 6 heteroatoms. The molecule has 1 aromatic heterocycles. The summed E-state index contributed by atoms with van der Waals surface area (Å²) in [5.74, 6) is 0.602. The highest BCUT2D eigenvalue weighted by molar-refractivity contribution is 9.10. The van der Waals surface area contributed by atoms with Gasteiger partial charge in [-0.3, -0.25) is 9.59 Å². The quantitative estimate of drug-likeness (QED) is 0.599. The number of carbonyl (C=O) groups excluding carboxylic acids is 2. The number of benzene rings is 2. The average molecular weight is 441 g/mol. The molecule has 0 saturated carbocycles. The molecule has 0 aliphatic rings. The van der Waals surface area contributed by atoms with Crippen LogP contribution in [0.5, 0.6) is 0 Å². The monoisotopic (exact) mass is 440 g/mol. The molecule has 3 rings (SSSR count). The number of nitrogens with one attached hydrogen (secondary N) is 1. The van der Waals surface area contributed by atoms with Gasteiger partial charge < -0.3 is 14.6 Å². The summed E-state index contributed by atoms with van der Waals surface area (Å²) in [6, 6.07) is 18.7. The van der Waals surface area contributed by atoms with Crippen LogP contribution in [-0.4, -0.2) is 23.8 Å². The van der Waals surface area contributed by atoms with E-state index in [9.17, 15) is 9.59 Å². The van der Waals surface area contributed by atoms with E-state index >= 15 is 0 Å². The second-order valence-corrected chi connectivity index (χ2v) is 7.32. The summed E-state index contributed by atoms with van der Waals surface area (Å²) < 4.78 is 6.41. The Labute approximate surface area is 172 Å². The molecule has 2 aromatic carbocycles. The van der Waals surface area contributed by atoms with E-state index in [0.29, 0.717) is 25.1 Å². The molecule has 0 fully saturated rings. The van der Waals surface area contributed by atoms with E-state index in [2.05, 4.69) is 21.2 Å². The van der Waals surface area contributed by atoms with Crippen molar-refractivity contribution in [1.29, 1.82) is 0 Å². The molecule has 0 saturated heterocycles. The van der Waals surface area contributed by atoms with Gasteiger partial charge in [-0.1, -0.05) is 40.2 Å². The SMILES string of the molecule is CNC(=O)c1ccc(CN(Cc2ccco2)C(=O)Cc2ccc(Br)cc2)cc1. The summed E-state index contributed by atoms with van der Waals surface area (Å²) in [4.78, 5) is 26.4. The fourth-order valence-electron chi connectivity index (χ4n) is 2.84. The van der Waals surface area contributed by atoms with Crippen LogP contribution in [0.1, 0.15) is 27.2 Å². The summed E-state index contributed by atoms with van der Waals surface area (Å²) in [7, 11) is 1.60. The number of carbonyl (C=O) groups is 2. The van der Waals surface area contributed by atoms with Gasteiger partial charge in [0.25, 0.3) is 5.91 Å². The zero-order valence-electron chi connectivity index (χ0n) is 15.5. The third-order valence-electron chi connectivity index (χ3n) is 4.36. The minimum atomic E-state index is -0.134. The first kappa shape index (κ1) is 19.9. The molecule has 5 nitrogen and oxygen atoms in total. The third-order valence-corrected chi connectivity index (χ3v) is 4.89. The summed E-state index contributed by atoms with van der Waals surface area (Å²) >= 11 is 3.41. The summed E-state index contributed by atoms with van der Waals surface area (Å²) in [6.07, 6.45) is 1.91. The molecule has 0 bridgehead atoms. The lowest BCUT2D eigenvalue weighted by molar-refractivity contribution is -0.132. The van der Waals surface area contributed by atoms with Crippen LogP contribution in [0.3, 0.4) is 0 Å². The Morgan fingerprint density at radius 2 is 1.64 bits per heavy atom. The van der Waals surface area contributed by atoms with Crippen molar-refractivity contribution < 1.29 is 14.0 Å². The van der Waals surface area contributed by atoms with Crippen LogP contribution in [0.25, 0.3) is 0 Å². The second kappa shape index (κ2) is 9.37. The Hall–Kier alpha value is -2.86. The normalized spacial score (nSPS) is 10.5. The Morgan fingerprint density at radius 1 is 0.964 bits per heavy atom. The molecular weight excluding hydrogens is 420 g/mol. The van der Waals surface area contributed by atoms with Gasteiger partial charge in [-0.2, -0.15) is 0 Å². The minimum absolute atomic E-state index is 0.00843. The molecule has 144 valence electrons. The van der Waals surface area contributed by atoms with Crippen LogP contribution < -0.4 is 5.32 Å². The lowest BCUT2D eigenvalue weighted by Gasteiger charge is -2.22.